The van der Waals surface area contributed by atoms with E-state index in [1.165, 1.54) is 0 Å². The third-order valence-electron chi connectivity index (χ3n) is 2.07. The first kappa shape index (κ1) is 13.3. The second kappa shape index (κ2) is 6.12. The van der Waals surface area contributed by atoms with Crippen molar-refractivity contribution in [2.45, 2.75) is 20.3 Å². The molecule has 0 radical (unpaired) electrons. The van der Waals surface area contributed by atoms with E-state index in [4.69, 9.17) is 23.2 Å². The maximum Gasteiger partial charge on any atom is 0.224 e. The summed E-state index contributed by atoms with van der Waals surface area (Å²) < 4.78 is 0. The highest BCUT2D eigenvalue weighted by Gasteiger charge is 2.07. The molecule has 1 aromatic rings. The molecule has 0 atom stereocenters. The van der Waals surface area contributed by atoms with Crippen molar-refractivity contribution in [2.24, 2.45) is 5.92 Å². The van der Waals surface area contributed by atoms with Gasteiger partial charge in [0.05, 0.1) is 6.42 Å². The molecule has 0 saturated carbocycles. The highest BCUT2D eigenvalue weighted by atomic mass is 35.5. The lowest BCUT2D eigenvalue weighted by atomic mass is 10.1. The Kier molecular flexibility index (Phi) is 5.10. The van der Waals surface area contributed by atoms with Crippen LogP contribution in [0.4, 0.5) is 0 Å². The quantitative estimate of drug-likeness (QED) is 0.884. The highest BCUT2D eigenvalue weighted by molar-refractivity contribution is 6.35. The molecule has 0 aromatic heterocycles. The van der Waals surface area contributed by atoms with Gasteiger partial charge in [-0.25, -0.2) is 0 Å². The molecule has 16 heavy (non-hydrogen) atoms. The predicted octanol–water partition coefficient (Wildman–Crippen LogP) is 3.31. The Bertz CT molecular complexity index is 377. The summed E-state index contributed by atoms with van der Waals surface area (Å²) in [5.41, 5.74) is 0.798. The van der Waals surface area contributed by atoms with Crippen LogP contribution in [0.15, 0.2) is 18.2 Å². The number of rotatable bonds is 4. The maximum absolute atomic E-state index is 11.6. The summed E-state index contributed by atoms with van der Waals surface area (Å²) in [7, 11) is 0. The number of benzene rings is 1. The lowest BCUT2D eigenvalue weighted by Crippen LogP contribution is -2.28. The van der Waals surface area contributed by atoms with Crippen molar-refractivity contribution in [1.82, 2.24) is 5.32 Å². The Hall–Kier alpha value is -0.730. The highest BCUT2D eigenvalue weighted by Crippen LogP contribution is 2.21. The number of carbonyl (C=O) groups excluding carboxylic acids is 1. The molecule has 88 valence electrons. The first-order valence-corrected chi connectivity index (χ1v) is 5.95. The lowest BCUT2D eigenvalue weighted by Gasteiger charge is -2.08. The van der Waals surface area contributed by atoms with Gasteiger partial charge in [-0.2, -0.15) is 0 Å². The topological polar surface area (TPSA) is 29.1 Å². The smallest absolute Gasteiger partial charge is 0.224 e. The van der Waals surface area contributed by atoms with Crippen molar-refractivity contribution in [1.29, 1.82) is 0 Å². The van der Waals surface area contributed by atoms with Gasteiger partial charge in [0.25, 0.3) is 0 Å². The molecule has 0 spiro atoms. The van der Waals surface area contributed by atoms with Gasteiger partial charge in [-0.3, -0.25) is 4.79 Å². The van der Waals surface area contributed by atoms with Crippen LogP contribution in [-0.4, -0.2) is 12.5 Å². The Labute approximate surface area is 106 Å². The first-order valence-electron chi connectivity index (χ1n) is 5.19. The summed E-state index contributed by atoms with van der Waals surface area (Å²) >= 11 is 11.7. The van der Waals surface area contributed by atoms with Crippen molar-refractivity contribution in [2.75, 3.05) is 6.54 Å². The van der Waals surface area contributed by atoms with E-state index in [9.17, 15) is 4.79 Å². The summed E-state index contributed by atoms with van der Waals surface area (Å²) in [4.78, 5) is 11.6. The average Bonchev–Trinajstić information content (AvgIpc) is 2.19. The third-order valence-corrected chi connectivity index (χ3v) is 2.66. The summed E-state index contributed by atoms with van der Waals surface area (Å²) in [6, 6.07) is 5.16. The van der Waals surface area contributed by atoms with Crippen LogP contribution in [0.2, 0.25) is 10.0 Å². The van der Waals surface area contributed by atoms with E-state index in [0.717, 1.165) is 5.56 Å². The minimum Gasteiger partial charge on any atom is -0.356 e. The van der Waals surface area contributed by atoms with Crippen LogP contribution in [0, 0.1) is 5.92 Å². The van der Waals surface area contributed by atoms with Gasteiger partial charge in [0.2, 0.25) is 5.91 Å². The van der Waals surface area contributed by atoms with Crippen molar-refractivity contribution < 1.29 is 4.79 Å². The number of nitrogens with one attached hydrogen (secondary N) is 1. The fraction of sp³-hybridized carbons (Fsp3) is 0.417. The molecule has 0 aliphatic carbocycles. The van der Waals surface area contributed by atoms with Crippen LogP contribution in [0.5, 0.6) is 0 Å². The van der Waals surface area contributed by atoms with E-state index < -0.39 is 0 Å². The zero-order valence-corrected chi connectivity index (χ0v) is 10.9. The van der Waals surface area contributed by atoms with E-state index >= 15 is 0 Å². The molecule has 0 aliphatic heterocycles. The first-order chi connectivity index (χ1) is 7.49. The number of halogens is 2. The molecular formula is C12H15Cl2NO. The maximum atomic E-state index is 11.6. The molecule has 1 rings (SSSR count). The monoisotopic (exact) mass is 259 g/mol. The zero-order chi connectivity index (χ0) is 12.1. The second-order valence-electron chi connectivity index (χ2n) is 4.11. The molecule has 1 amide bonds. The van der Waals surface area contributed by atoms with Crippen molar-refractivity contribution in [3.8, 4) is 0 Å². The summed E-state index contributed by atoms with van der Waals surface area (Å²) in [5.74, 6) is 0.433. The van der Waals surface area contributed by atoms with Crippen LogP contribution < -0.4 is 5.32 Å². The van der Waals surface area contributed by atoms with Crippen LogP contribution in [0.3, 0.4) is 0 Å². The SMILES string of the molecule is CC(C)CNC(=O)Cc1ccc(Cl)cc1Cl. The fourth-order valence-electron chi connectivity index (χ4n) is 1.22. The van der Waals surface area contributed by atoms with Crippen LogP contribution in [0.1, 0.15) is 19.4 Å². The molecule has 0 aliphatic rings. The number of amides is 1. The van der Waals surface area contributed by atoms with Gasteiger partial charge in [0.1, 0.15) is 0 Å². The van der Waals surface area contributed by atoms with Gasteiger partial charge in [0.15, 0.2) is 0 Å². The molecular weight excluding hydrogens is 245 g/mol. The van der Waals surface area contributed by atoms with Gasteiger partial charge >= 0.3 is 0 Å². The largest absolute Gasteiger partial charge is 0.356 e. The van der Waals surface area contributed by atoms with Crippen LogP contribution in [-0.2, 0) is 11.2 Å². The molecule has 0 unspecified atom stereocenters. The molecule has 2 nitrogen and oxygen atoms in total. The van der Waals surface area contributed by atoms with Crippen LogP contribution in [0.25, 0.3) is 0 Å². The van der Waals surface area contributed by atoms with E-state index in [2.05, 4.69) is 19.2 Å². The predicted molar refractivity (Wildman–Crippen MR) is 68.0 cm³/mol. The molecule has 4 heteroatoms. The fourth-order valence-corrected chi connectivity index (χ4v) is 1.69. The number of hydrogen-bond acceptors (Lipinski definition) is 1. The normalized spacial score (nSPS) is 10.6. The molecule has 1 N–H and O–H groups in total. The van der Waals surface area contributed by atoms with Gasteiger partial charge in [-0.1, -0.05) is 43.1 Å². The summed E-state index contributed by atoms with van der Waals surface area (Å²) in [5, 5.41) is 3.96. The number of hydrogen-bond donors (Lipinski definition) is 1. The van der Waals surface area contributed by atoms with Crippen LogP contribution >= 0.6 is 23.2 Å². The molecule has 0 fully saturated rings. The van der Waals surface area contributed by atoms with E-state index in [1.807, 2.05) is 0 Å². The zero-order valence-electron chi connectivity index (χ0n) is 9.39. The minimum absolute atomic E-state index is 0.0158. The van der Waals surface area contributed by atoms with Crippen molar-refractivity contribution >= 4 is 29.1 Å². The van der Waals surface area contributed by atoms with Crippen molar-refractivity contribution in [3.63, 3.8) is 0 Å². The summed E-state index contributed by atoms with van der Waals surface area (Å²) in [6.07, 6.45) is 0.294. The van der Waals surface area contributed by atoms with Gasteiger partial charge in [0, 0.05) is 16.6 Å². The Morgan fingerprint density at radius 3 is 2.62 bits per heavy atom. The second-order valence-corrected chi connectivity index (χ2v) is 4.95. The van der Waals surface area contributed by atoms with Crippen molar-refractivity contribution in [3.05, 3.63) is 33.8 Å². The molecule has 1 aromatic carbocycles. The van der Waals surface area contributed by atoms with Gasteiger partial charge < -0.3 is 5.32 Å². The lowest BCUT2D eigenvalue weighted by molar-refractivity contribution is -0.120. The Balaban J connectivity index is 2.56. The standard InChI is InChI=1S/C12H15Cl2NO/c1-8(2)7-15-12(16)5-9-3-4-10(13)6-11(9)14/h3-4,6,8H,5,7H2,1-2H3,(H,15,16). The Morgan fingerprint density at radius 2 is 2.06 bits per heavy atom. The van der Waals surface area contributed by atoms with Gasteiger partial charge in [-0.05, 0) is 23.6 Å². The third kappa shape index (κ3) is 4.42. The van der Waals surface area contributed by atoms with Gasteiger partial charge in [-0.15, -0.1) is 0 Å². The Morgan fingerprint density at radius 1 is 1.38 bits per heavy atom. The molecule has 0 saturated heterocycles. The van der Waals surface area contributed by atoms with E-state index in [0.29, 0.717) is 28.9 Å². The molecule has 0 heterocycles. The van der Waals surface area contributed by atoms with E-state index in [1.54, 1.807) is 18.2 Å². The average molecular weight is 260 g/mol. The molecule has 0 bridgehead atoms. The van der Waals surface area contributed by atoms with E-state index in [-0.39, 0.29) is 5.91 Å². The number of carbonyl (C=O) groups is 1. The summed E-state index contributed by atoms with van der Waals surface area (Å²) in [6.45, 7) is 4.79. The minimum atomic E-state index is -0.0158.